The van der Waals surface area contributed by atoms with Crippen molar-refractivity contribution in [2.24, 2.45) is 7.05 Å². The molecular formula is C20H20F2N4O3. The van der Waals surface area contributed by atoms with E-state index in [-0.39, 0.29) is 17.3 Å². The second-order valence-electron chi connectivity index (χ2n) is 7.02. The van der Waals surface area contributed by atoms with Crippen molar-refractivity contribution in [3.63, 3.8) is 0 Å². The number of fused-ring (bicyclic) bond motifs is 1. The van der Waals surface area contributed by atoms with Crippen LogP contribution in [0.4, 0.5) is 14.6 Å². The number of aromatic nitrogens is 3. The summed E-state index contributed by atoms with van der Waals surface area (Å²) in [5.74, 6) is -0.336. The molecule has 1 fully saturated rings. The van der Waals surface area contributed by atoms with E-state index in [9.17, 15) is 13.6 Å². The maximum atomic E-state index is 13.5. The van der Waals surface area contributed by atoms with E-state index in [0.717, 1.165) is 11.9 Å². The monoisotopic (exact) mass is 402 g/mol. The van der Waals surface area contributed by atoms with E-state index in [1.54, 1.807) is 18.5 Å². The first-order valence-electron chi connectivity index (χ1n) is 9.20. The van der Waals surface area contributed by atoms with Crippen LogP contribution in [0.3, 0.4) is 0 Å². The van der Waals surface area contributed by atoms with Crippen LogP contribution >= 0.6 is 0 Å². The lowest BCUT2D eigenvalue weighted by atomic mass is 10.0. The number of hydrogen-bond acceptors (Lipinski definition) is 5. The number of anilines is 1. The van der Waals surface area contributed by atoms with Crippen LogP contribution < -0.4 is 5.32 Å². The van der Waals surface area contributed by atoms with Crippen LogP contribution in [0.5, 0.6) is 0 Å². The zero-order chi connectivity index (χ0) is 20.5. The summed E-state index contributed by atoms with van der Waals surface area (Å²) in [4.78, 5) is 20.3. The number of aliphatic hydroxyl groups excluding tert-OH is 1. The summed E-state index contributed by atoms with van der Waals surface area (Å²) in [6.07, 6.45) is 1.51. The molecule has 0 aliphatic carbocycles. The van der Waals surface area contributed by atoms with Gasteiger partial charge in [0, 0.05) is 48.0 Å². The van der Waals surface area contributed by atoms with Gasteiger partial charge >= 0.3 is 0 Å². The van der Waals surface area contributed by atoms with Gasteiger partial charge in [-0.2, -0.15) is 0 Å². The molecule has 152 valence electrons. The number of aliphatic hydroxyl groups is 1. The number of alkyl halides is 2. The molecule has 1 amide bonds. The quantitative estimate of drug-likeness (QED) is 0.685. The summed E-state index contributed by atoms with van der Waals surface area (Å²) < 4.78 is 34.3. The Kier molecular flexibility index (Phi) is 5.25. The molecule has 1 aliphatic heterocycles. The van der Waals surface area contributed by atoms with E-state index in [2.05, 4.69) is 15.3 Å². The Morgan fingerprint density at radius 1 is 1.41 bits per heavy atom. The van der Waals surface area contributed by atoms with Gasteiger partial charge in [-0.05, 0) is 24.6 Å². The summed E-state index contributed by atoms with van der Waals surface area (Å²) in [5.41, 5.74) is 2.36. The molecule has 7 nitrogen and oxygen atoms in total. The Hall–Kier alpha value is -2.91. The molecule has 3 aromatic rings. The molecule has 1 unspecified atom stereocenters. The Morgan fingerprint density at radius 3 is 2.93 bits per heavy atom. The molecular weight excluding hydrogens is 382 g/mol. The molecule has 0 aromatic carbocycles. The summed E-state index contributed by atoms with van der Waals surface area (Å²) in [7, 11) is 1.82. The molecule has 1 saturated heterocycles. The van der Waals surface area contributed by atoms with Gasteiger partial charge in [-0.15, -0.1) is 0 Å². The fourth-order valence-corrected chi connectivity index (χ4v) is 3.55. The van der Waals surface area contributed by atoms with Crippen LogP contribution in [0.25, 0.3) is 22.2 Å². The van der Waals surface area contributed by atoms with Gasteiger partial charge < -0.3 is 19.7 Å². The first kappa shape index (κ1) is 19.4. The van der Waals surface area contributed by atoms with Gasteiger partial charge in [0.2, 0.25) is 0 Å². The van der Waals surface area contributed by atoms with Crippen LogP contribution in [-0.4, -0.2) is 45.4 Å². The zero-order valence-electron chi connectivity index (χ0n) is 15.7. The van der Waals surface area contributed by atoms with Crippen molar-refractivity contribution in [3.05, 3.63) is 41.9 Å². The highest BCUT2D eigenvalue weighted by Gasteiger charge is 2.23. The molecule has 0 saturated carbocycles. The maximum absolute atomic E-state index is 13.5. The van der Waals surface area contributed by atoms with Crippen molar-refractivity contribution in [2.75, 3.05) is 25.1 Å². The van der Waals surface area contributed by atoms with Crippen LogP contribution in [0, 0.1) is 0 Å². The largest absolute Gasteiger partial charge is 0.387 e. The van der Waals surface area contributed by atoms with Crippen molar-refractivity contribution in [1.82, 2.24) is 14.5 Å². The summed E-state index contributed by atoms with van der Waals surface area (Å²) in [6, 6.07) is 4.49. The van der Waals surface area contributed by atoms with E-state index in [1.165, 1.54) is 12.1 Å². The lowest BCUT2D eigenvalue weighted by Gasteiger charge is -2.12. The molecule has 0 spiro atoms. The number of carbonyl (C=O) groups is 1. The highest BCUT2D eigenvalue weighted by molar-refractivity contribution is 5.98. The number of amides is 1. The number of pyridine rings is 2. The average molecular weight is 402 g/mol. The Labute approximate surface area is 165 Å². The maximum Gasteiger partial charge on any atom is 0.263 e. The molecule has 2 N–H and O–H groups in total. The fourth-order valence-electron chi connectivity index (χ4n) is 3.55. The smallest absolute Gasteiger partial charge is 0.263 e. The molecule has 4 heterocycles. The second kappa shape index (κ2) is 7.84. The molecule has 29 heavy (non-hydrogen) atoms. The van der Waals surface area contributed by atoms with E-state index in [1.807, 2.05) is 11.6 Å². The van der Waals surface area contributed by atoms with Crippen molar-refractivity contribution < 1.29 is 23.4 Å². The molecule has 9 heteroatoms. The molecule has 1 aliphatic rings. The van der Waals surface area contributed by atoms with Crippen LogP contribution in [0.15, 0.2) is 30.6 Å². The zero-order valence-corrected chi connectivity index (χ0v) is 15.7. The van der Waals surface area contributed by atoms with E-state index >= 15 is 0 Å². The number of nitrogens with zero attached hydrogens (tertiary/aromatic N) is 3. The summed E-state index contributed by atoms with van der Waals surface area (Å²) in [6.45, 7) is 0.399. The summed E-state index contributed by atoms with van der Waals surface area (Å²) >= 11 is 0. The predicted molar refractivity (Wildman–Crippen MR) is 103 cm³/mol. The summed E-state index contributed by atoms with van der Waals surface area (Å²) in [5, 5.41) is 12.1. The van der Waals surface area contributed by atoms with Crippen molar-refractivity contribution in [1.29, 1.82) is 0 Å². The third-order valence-electron chi connectivity index (χ3n) is 5.03. The van der Waals surface area contributed by atoms with Crippen molar-refractivity contribution in [2.45, 2.75) is 18.8 Å². The SMILES string of the molecule is Cn1cc(-c2cc(C(F)F)cc(C3CCOC3)n2)c2cc(NC(=O)CO)ncc21. The number of rotatable bonds is 5. The molecule has 1 atom stereocenters. The lowest BCUT2D eigenvalue weighted by Crippen LogP contribution is -2.16. The van der Waals surface area contributed by atoms with E-state index in [0.29, 0.717) is 35.6 Å². The molecule has 0 bridgehead atoms. The third kappa shape index (κ3) is 3.83. The standard InChI is InChI=1S/C20H20F2N4O3/c1-26-8-14(13-6-18(23-7-17(13)26)25-19(28)9-27)16-5-12(20(21)22)4-15(24-16)11-2-3-29-10-11/h4-8,11,20,27H,2-3,9-10H2,1H3,(H,23,25,28). The van der Waals surface area contributed by atoms with Crippen molar-refractivity contribution in [3.8, 4) is 11.3 Å². The van der Waals surface area contributed by atoms with Gasteiger partial charge in [0.15, 0.2) is 0 Å². The Bertz CT molecular complexity index is 1060. The molecule has 3 aromatic heterocycles. The third-order valence-corrected chi connectivity index (χ3v) is 5.03. The first-order chi connectivity index (χ1) is 14.0. The molecule has 0 radical (unpaired) electrons. The lowest BCUT2D eigenvalue weighted by molar-refractivity contribution is -0.118. The van der Waals surface area contributed by atoms with Gasteiger partial charge in [0.25, 0.3) is 12.3 Å². The van der Waals surface area contributed by atoms with E-state index in [4.69, 9.17) is 9.84 Å². The van der Waals surface area contributed by atoms with Gasteiger partial charge in [0.05, 0.1) is 24.0 Å². The number of hydrogen-bond donors (Lipinski definition) is 2. The number of ether oxygens (including phenoxy) is 1. The van der Waals surface area contributed by atoms with Gasteiger partial charge in [-0.3, -0.25) is 9.78 Å². The van der Waals surface area contributed by atoms with Crippen molar-refractivity contribution >= 4 is 22.6 Å². The highest BCUT2D eigenvalue weighted by atomic mass is 19.3. The topological polar surface area (TPSA) is 89.3 Å². The highest BCUT2D eigenvalue weighted by Crippen LogP contribution is 2.35. The minimum atomic E-state index is -2.62. The Balaban J connectivity index is 1.84. The number of halogens is 2. The van der Waals surface area contributed by atoms with Gasteiger partial charge in [-0.25, -0.2) is 13.8 Å². The fraction of sp³-hybridized carbons (Fsp3) is 0.350. The Morgan fingerprint density at radius 2 is 2.24 bits per heavy atom. The normalized spacial score (nSPS) is 16.7. The van der Waals surface area contributed by atoms with Crippen LogP contribution in [0.2, 0.25) is 0 Å². The van der Waals surface area contributed by atoms with E-state index < -0.39 is 18.9 Å². The number of carbonyl (C=O) groups excluding carboxylic acids is 1. The van der Waals surface area contributed by atoms with Crippen LogP contribution in [0.1, 0.15) is 30.0 Å². The first-order valence-corrected chi connectivity index (χ1v) is 9.20. The number of aryl methyl sites for hydroxylation is 1. The molecule has 4 rings (SSSR count). The number of nitrogens with one attached hydrogen (secondary N) is 1. The van der Waals surface area contributed by atoms with Gasteiger partial charge in [0.1, 0.15) is 12.4 Å². The average Bonchev–Trinajstić information content (AvgIpc) is 3.36. The second-order valence-corrected chi connectivity index (χ2v) is 7.02. The minimum Gasteiger partial charge on any atom is -0.387 e. The van der Waals surface area contributed by atoms with Gasteiger partial charge in [-0.1, -0.05) is 0 Å². The van der Waals surface area contributed by atoms with Crippen LogP contribution in [-0.2, 0) is 16.6 Å². The minimum absolute atomic E-state index is 0.0107. The predicted octanol–water partition coefficient (Wildman–Crippen LogP) is 3.01.